The summed E-state index contributed by atoms with van der Waals surface area (Å²) in [5.41, 5.74) is 0.862. The first-order valence-electron chi connectivity index (χ1n) is 8.12. The number of anilines is 1. The summed E-state index contributed by atoms with van der Waals surface area (Å²) in [6.45, 7) is -0.463. The monoisotopic (exact) mass is 498 g/mol. The van der Waals surface area contributed by atoms with E-state index >= 15 is 0 Å². The molecule has 1 N–H and O–H groups in total. The summed E-state index contributed by atoms with van der Waals surface area (Å²) in [6.07, 6.45) is 1.48. The normalized spacial score (nSPS) is 15.2. The minimum atomic E-state index is -0.604. The van der Waals surface area contributed by atoms with Crippen LogP contribution in [-0.2, 0) is 9.59 Å². The molecule has 0 unspecified atom stereocenters. The number of carbonyl (C=O) groups excluding carboxylic acids is 3. The average molecular weight is 500 g/mol. The SMILES string of the molecule is COc1c(Cl)cc(Br)cc1/C=C1\SC(=O)N(CC(=O)Nc2ccc(F)cc2)C1=O. The Balaban J connectivity index is 1.77. The Morgan fingerprint density at radius 1 is 1.31 bits per heavy atom. The van der Waals surface area contributed by atoms with E-state index in [1.807, 2.05) is 0 Å². The van der Waals surface area contributed by atoms with Crippen LogP contribution >= 0.6 is 39.3 Å². The van der Waals surface area contributed by atoms with E-state index < -0.39 is 29.4 Å². The van der Waals surface area contributed by atoms with Crippen LogP contribution in [0.25, 0.3) is 6.08 Å². The van der Waals surface area contributed by atoms with E-state index in [0.29, 0.717) is 38.3 Å². The van der Waals surface area contributed by atoms with Gasteiger partial charge in [-0.2, -0.15) is 0 Å². The molecule has 2 aromatic carbocycles. The Kier molecular flexibility index (Phi) is 6.61. The molecule has 3 rings (SSSR count). The molecule has 1 aliphatic heterocycles. The van der Waals surface area contributed by atoms with Crippen LogP contribution in [0.4, 0.5) is 14.9 Å². The number of nitrogens with one attached hydrogen (secondary N) is 1. The van der Waals surface area contributed by atoms with Crippen LogP contribution in [0.2, 0.25) is 5.02 Å². The van der Waals surface area contributed by atoms with Gasteiger partial charge in [0.25, 0.3) is 11.1 Å². The summed E-state index contributed by atoms with van der Waals surface area (Å²) >= 11 is 10.2. The van der Waals surface area contributed by atoms with Crippen molar-refractivity contribution in [3.05, 3.63) is 62.2 Å². The molecule has 0 bridgehead atoms. The van der Waals surface area contributed by atoms with Gasteiger partial charge in [-0.15, -0.1) is 0 Å². The highest BCUT2D eigenvalue weighted by molar-refractivity contribution is 9.10. The molecule has 3 amide bonds. The number of halogens is 3. The highest BCUT2D eigenvalue weighted by atomic mass is 79.9. The fourth-order valence-electron chi connectivity index (χ4n) is 2.56. The van der Waals surface area contributed by atoms with Crippen molar-refractivity contribution in [1.29, 1.82) is 0 Å². The first kappa shape index (κ1) is 21.4. The standard InChI is InChI=1S/C19H13BrClFN2O4S/c1-28-17-10(6-11(20)8-14(17)21)7-15-18(26)24(19(27)29-15)9-16(25)23-13-4-2-12(22)3-5-13/h2-8H,9H2,1H3,(H,23,25)/b15-7-. The largest absolute Gasteiger partial charge is 0.495 e. The number of nitrogens with zero attached hydrogens (tertiary/aromatic N) is 1. The van der Waals surface area contributed by atoms with E-state index in [-0.39, 0.29) is 4.91 Å². The number of hydrogen-bond acceptors (Lipinski definition) is 5. The molecular formula is C19H13BrClFN2O4S. The molecule has 29 heavy (non-hydrogen) atoms. The summed E-state index contributed by atoms with van der Waals surface area (Å²) in [5.74, 6) is -1.27. The first-order valence-corrected chi connectivity index (χ1v) is 10.1. The van der Waals surface area contributed by atoms with E-state index in [1.54, 1.807) is 12.1 Å². The lowest BCUT2D eigenvalue weighted by Crippen LogP contribution is -2.36. The van der Waals surface area contributed by atoms with Crippen molar-refractivity contribution in [2.75, 3.05) is 19.0 Å². The van der Waals surface area contributed by atoms with Gasteiger partial charge >= 0.3 is 0 Å². The highest BCUT2D eigenvalue weighted by Gasteiger charge is 2.36. The van der Waals surface area contributed by atoms with Crippen molar-refractivity contribution in [2.45, 2.75) is 0 Å². The van der Waals surface area contributed by atoms with Gasteiger partial charge < -0.3 is 10.1 Å². The van der Waals surface area contributed by atoms with E-state index in [1.165, 1.54) is 37.5 Å². The summed E-state index contributed by atoms with van der Waals surface area (Å²) in [7, 11) is 1.44. The van der Waals surface area contributed by atoms with E-state index in [4.69, 9.17) is 16.3 Å². The molecule has 1 saturated heterocycles. The van der Waals surface area contributed by atoms with E-state index in [0.717, 1.165) is 4.90 Å². The number of hydrogen-bond donors (Lipinski definition) is 1. The lowest BCUT2D eigenvalue weighted by Gasteiger charge is -2.12. The molecule has 2 aromatic rings. The third-order valence-electron chi connectivity index (χ3n) is 3.83. The quantitative estimate of drug-likeness (QED) is 0.591. The van der Waals surface area contributed by atoms with Crippen LogP contribution in [0.3, 0.4) is 0 Å². The first-order chi connectivity index (χ1) is 13.8. The molecule has 1 aliphatic rings. The topological polar surface area (TPSA) is 75.7 Å². The summed E-state index contributed by atoms with van der Waals surface area (Å²) in [5, 5.41) is 2.28. The molecule has 150 valence electrons. The lowest BCUT2D eigenvalue weighted by atomic mass is 10.2. The number of carbonyl (C=O) groups is 3. The van der Waals surface area contributed by atoms with Crippen molar-refractivity contribution in [3.8, 4) is 5.75 Å². The minimum Gasteiger partial charge on any atom is -0.495 e. The third-order valence-corrected chi connectivity index (χ3v) is 5.48. The molecule has 0 spiro atoms. The highest BCUT2D eigenvalue weighted by Crippen LogP contribution is 2.37. The van der Waals surface area contributed by atoms with E-state index in [2.05, 4.69) is 21.2 Å². The van der Waals surface area contributed by atoms with Crippen molar-refractivity contribution >= 4 is 68.1 Å². The van der Waals surface area contributed by atoms with Crippen molar-refractivity contribution in [1.82, 2.24) is 4.90 Å². The molecule has 0 aliphatic carbocycles. The van der Waals surface area contributed by atoms with Gasteiger partial charge in [-0.3, -0.25) is 19.3 Å². The number of benzene rings is 2. The molecule has 1 fully saturated rings. The van der Waals surface area contributed by atoms with Gasteiger partial charge in [-0.1, -0.05) is 27.5 Å². The van der Waals surface area contributed by atoms with Crippen LogP contribution in [0.5, 0.6) is 5.75 Å². The second kappa shape index (κ2) is 8.98. The van der Waals surface area contributed by atoms with Gasteiger partial charge in [0.2, 0.25) is 5.91 Å². The fraction of sp³-hybridized carbons (Fsp3) is 0.105. The smallest absolute Gasteiger partial charge is 0.294 e. The summed E-state index contributed by atoms with van der Waals surface area (Å²) < 4.78 is 18.9. The molecule has 0 saturated carbocycles. The predicted molar refractivity (Wildman–Crippen MR) is 113 cm³/mol. The Bertz CT molecular complexity index is 1030. The van der Waals surface area contributed by atoms with Crippen molar-refractivity contribution in [3.63, 3.8) is 0 Å². The molecule has 0 radical (unpaired) electrons. The maximum Gasteiger partial charge on any atom is 0.294 e. The fourth-order valence-corrected chi connectivity index (χ4v) is 4.30. The summed E-state index contributed by atoms with van der Waals surface area (Å²) in [6, 6.07) is 8.47. The number of methoxy groups -OCH3 is 1. The Labute approximate surface area is 183 Å². The zero-order valence-corrected chi connectivity index (χ0v) is 18.0. The van der Waals surface area contributed by atoms with Crippen LogP contribution in [0, 0.1) is 5.82 Å². The van der Waals surface area contributed by atoms with Crippen LogP contribution < -0.4 is 10.1 Å². The second-order valence-electron chi connectivity index (χ2n) is 5.83. The number of amides is 3. The maximum absolute atomic E-state index is 12.9. The minimum absolute atomic E-state index is 0.136. The van der Waals surface area contributed by atoms with Gasteiger partial charge in [0.1, 0.15) is 18.1 Å². The summed E-state index contributed by atoms with van der Waals surface area (Å²) in [4.78, 5) is 38.0. The van der Waals surface area contributed by atoms with Crippen LogP contribution in [-0.4, -0.2) is 35.6 Å². The molecule has 1 heterocycles. The Morgan fingerprint density at radius 3 is 2.66 bits per heavy atom. The number of thioether (sulfide) groups is 1. The molecular weight excluding hydrogens is 487 g/mol. The molecule has 10 heteroatoms. The Hall–Kier alpha value is -2.36. The van der Waals surface area contributed by atoms with Gasteiger partial charge in [0, 0.05) is 15.7 Å². The van der Waals surface area contributed by atoms with Crippen molar-refractivity contribution in [2.24, 2.45) is 0 Å². The number of rotatable bonds is 5. The molecule has 0 atom stereocenters. The number of imide groups is 1. The Morgan fingerprint density at radius 2 is 2.00 bits per heavy atom. The number of ether oxygens (including phenoxy) is 1. The third kappa shape index (κ3) is 4.98. The molecule has 6 nitrogen and oxygen atoms in total. The van der Waals surface area contributed by atoms with Gasteiger partial charge in [-0.25, -0.2) is 4.39 Å². The van der Waals surface area contributed by atoms with Gasteiger partial charge in [0.05, 0.1) is 17.0 Å². The second-order valence-corrected chi connectivity index (χ2v) is 8.15. The van der Waals surface area contributed by atoms with Crippen LogP contribution in [0.1, 0.15) is 5.56 Å². The zero-order chi connectivity index (χ0) is 21.1. The van der Waals surface area contributed by atoms with Gasteiger partial charge in [-0.05, 0) is 54.2 Å². The van der Waals surface area contributed by atoms with Crippen LogP contribution in [0.15, 0.2) is 45.8 Å². The maximum atomic E-state index is 12.9. The predicted octanol–water partition coefficient (Wildman–Crippen LogP) is 4.93. The average Bonchev–Trinajstić information content (AvgIpc) is 2.91. The van der Waals surface area contributed by atoms with Crippen molar-refractivity contribution < 1.29 is 23.5 Å². The molecule has 0 aromatic heterocycles. The van der Waals surface area contributed by atoms with E-state index in [9.17, 15) is 18.8 Å². The lowest BCUT2D eigenvalue weighted by molar-refractivity contribution is -0.127. The van der Waals surface area contributed by atoms with Gasteiger partial charge in [0.15, 0.2) is 0 Å². The zero-order valence-electron chi connectivity index (χ0n) is 14.9.